The second-order valence-corrected chi connectivity index (χ2v) is 5.09. The topological polar surface area (TPSA) is 75.6 Å². The molecule has 0 spiro atoms. The Morgan fingerprint density at radius 3 is 2.18 bits per heavy atom. The Morgan fingerprint density at radius 2 is 1.77 bits per heavy atom. The Kier molecular flexibility index (Phi) is 5.54. The van der Waals surface area contributed by atoms with E-state index < -0.39 is 29.2 Å². The van der Waals surface area contributed by atoms with Crippen LogP contribution in [0.15, 0.2) is 24.3 Å². The third-order valence-electron chi connectivity index (χ3n) is 2.89. The highest BCUT2D eigenvalue weighted by Crippen LogP contribution is 2.29. The lowest BCUT2D eigenvalue weighted by atomic mass is 9.98. The molecule has 1 amide bonds. The van der Waals surface area contributed by atoms with E-state index in [1.165, 1.54) is 14.0 Å². The highest BCUT2D eigenvalue weighted by molar-refractivity contribution is 5.95. The van der Waals surface area contributed by atoms with Crippen LogP contribution >= 0.6 is 0 Å². The number of hydrogen-bond acceptors (Lipinski definition) is 3. The van der Waals surface area contributed by atoms with Gasteiger partial charge in [-0.1, -0.05) is 0 Å². The van der Waals surface area contributed by atoms with Crippen LogP contribution in [0.3, 0.4) is 0 Å². The fourth-order valence-corrected chi connectivity index (χ4v) is 1.94. The summed E-state index contributed by atoms with van der Waals surface area (Å²) in [5.74, 6) is -1.80. The van der Waals surface area contributed by atoms with Crippen molar-refractivity contribution >= 4 is 11.9 Å². The molecule has 0 aromatic heterocycles. The van der Waals surface area contributed by atoms with E-state index in [2.05, 4.69) is 5.32 Å². The Morgan fingerprint density at radius 1 is 1.23 bits per heavy atom. The van der Waals surface area contributed by atoms with E-state index in [1.807, 2.05) is 0 Å². The molecule has 0 aliphatic heterocycles. The van der Waals surface area contributed by atoms with Crippen LogP contribution in [0.25, 0.3) is 0 Å². The lowest BCUT2D eigenvalue weighted by molar-refractivity contribution is -0.139. The van der Waals surface area contributed by atoms with Crippen molar-refractivity contribution in [3.05, 3.63) is 35.4 Å². The molecule has 1 atom stereocenters. The normalized spacial score (nSPS) is 14.2. The van der Waals surface area contributed by atoms with Gasteiger partial charge in [0.15, 0.2) is 0 Å². The highest BCUT2D eigenvalue weighted by atomic mass is 19.4. The monoisotopic (exact) mass is 319 g/mol. The minimum absolute atomic E-state index is 0.000664. The second kappa shape index (κ2) is 6.78. The number of carbonyl (C=O) groups excluding carboxylic acids is 1. The summed E-state index contributed by atoms with van der Waals surface area (Å²) < 4.78 is 42.2. The van der Waals surface area contributed by atoms with Crippen LogP contribution in [0.2, 0.25) is 0 Å². The number of amides is 1. The van der Waals surface area contributed by atoms with Crippen LogP contribution in [-0.4, -0.2) is 36.2 Å². The number of halogens is 3. The highest BCUT2D eigenvalue weighted by Gasteiger charge is 2.32. The molecule has 22 heavy (non-hydrogen) atoms. The SMILES string of the molecule is COCC(C)(CC(=O)O)NC(=O)c1ccc(C(F)(F)F)cc1. The molecule has 122 valence electrons. The number of aliphatic carboxylic acids is 1. The first kappa shape index (κ1) is 18.0. The summed E-state index contributed by atoms with van der Waals surface area (Å²) in [6, 6.07) is 3.65. The predicted molar refractivity (Wildman–Crippen MR) is 71.4 cm³/mol. The van der Waals surface area contributed by atoms with Gasteiger partial charge in [-0.25, -0.2) is 0 Å². The molecule has 8 heteroatoms. The van der Waals surface area contributed by atoms with Gasteiger partial charge < -0.3 is 15.2 Å². The fraction of sp³-hybridized carbons (Fsp3) is 0.429. The number of methoxy groups -OCH3 is 1. The molecule has 5 nitrogen and oxygen atoms in total. The molecule has 0 fully saturated rings. The van der Waals surface area contributed by atoms with E-state index in [-0.39, 0.29) is 18.6 Å². The predicted octanol–water partition coefficient (Wildman–Crippen LogP) is 2.32. The Bertz CT molecular complexity index is 542. The van der Waals surface area contributed by atoms with Crippen molar-refractivity contribution in [1.82, 2.24) is 5.32 Å². The van der Waals surface area contributed by atoms with Crippen molar-refractivity contribution in [1.29, 1.82) is 0 Å². The molecule has 0 aliphatic carbocycles. The van der Waals surface area contributed by atoms with Crippen molar-refractivity contribution in [2.24, 2.45) is 0 Å². The van der Waals surface area contributed by atoms with E-state index in [0.29, 0.717) is 0 Å². The number of benzene rings is 1. The van der Waals surface area contributed by atoms with Crippen LogP contribution in [0.5, 0.6) is 0 Å². The smallest absolute Gasteiger partial charge is 0.416 e. The van der Waals surface area contributed by atoms with E-state index in [0.717, 1.165) is 24.3 Å². The van der Waals surface area contributed by atoms with E-state index >= 15 is 0 Å². The molecular formula is C14H16F3NO4. The van der Waals surface area contributed by atoms with Crippen LogP contribution < -0.4 is 5.32 Å². The standard InChI is InChI=1S/C14H16F3NO4/c1-13(8-22-2,7-11(19)20)18-12(21)9-3-5-10(6-4-9)14(15,16)17/h3-6H,7-8H2,1-2H3,(H,18,21)(H,19,20). The van der Waals surface area contributed by atoms with Gasteiger partial charge in [0, 0.05) is 12.7 Å². The van der Waals surface area contributed by atoms with Crippen molar-refractivity contribution in [2.45, 2.75) is 25.1 Å². The van der Waals surface area contributed by atoms with Crippen LogP contribution in [-0.2, 0) is 15.7 Å². The number of carboxylic acids is 1. The van der Waals surface area contributed by atoms with Crippen LogP contribution in [0.4, 0.5) is 13.2 Å². The summed E-state index contributed by atoms with van der Waals surface area (Å²) in [5, 5.41) is 11.3. The molecule has 0 aliphatic rings. The molecule has 1 rings (SSSR count). The first-order valence-corrected chi connectivity index (χ1v) is 6.28. The summed E-state index contributed by atoms with van der Waals surface area (Å²) in [6.45, 7) is 1.43. The first-order valence-electron chi connectivity index (χ1n) is 6.28. The van der Waals surface area contributed by atoms with Gasteiger partial charge in [-0.15, -0.1) is 0 Å². The van der Waals surface area contributed by atoms with Gasteiger partial charge in [-0.3, -0.25) is 9.59 Å². The summed E-state index contributed by atoms with van der Waals surface area (Å²) in [7, 11) is 1.35. The molecule has 2 N–H and O–H groups in total. The van der Waals surface area contributed by atoms with E-state index in [1.54, 1.807) is 0 Å². The number of alkyl halides is 3. The molecule has 1 aromatic rings. The summed E-state index contributed by atoms with van der Waals surface area (Å²) in [6.07, 6.45) is -4.86. The maximum atomic E-state index is 12.5. The quantitative estimate of drug-likeness (QED) is 0.844. The summed E-state index contributed by atoms with van der Waals surface area (Å²) in [5.41, 5.74) is -2.03. The average molecular weight is 319 g/mol. The lowest BCUT2D eigenvalue weighted by Gasteiger charge is -2.28. The Hall–Kier alpha value is -2.09. The van der Waals surface area contributed by atoms with Crippen molar-refractivity contribution < 1.29 is 32.6 Å². The van der Waals surface area contributed by atoms with Gasteiger partial charge in [0.1, 0.15) is 0 Å². The van der Waals surface area contributed by atoms with Crippen LogP contribution in [0.1, 0.15) is 29.3 Å². The maximum absolute atomic E-state index is 12.5. The maximum Gasteiger partial charge on any atom is 0.416 e. The summed E-state index contributed by atoms with van der Waals surface area (Å²) >= 11 is 0. The molecule has 0 bridgehead atoms. The summed E-state index contributed by atoms with van der Waals surface area (Å²) in [4.78, 5) is 22.9. The first-order chi connectivity index (χ1) is 10.1. The molecule has 0 radical (unpaired) electrons. The van der Waals surface area contributed by atoms with Crippen LogP contribution in [0, 0.1) is 0 Å². The van der Waals surface area contributed by atoms with Crippen molar-refractivity contribution in [3.8, 4) is 0 Å². The molecule has 0 saturated carbocycles. The third-order valence-corrected chi connectivity index (χ3v) is 2.89. The number of nitrogens with one attached hydrogen (secondary N) is 1. The van der Waals surface area contributed by atoms with Gasteiger partial charge in [0.25, 0.3) is 5.91 Å². The van der Waals surface area contributed by atoms with Gasteiger partial charge in [-0.2, -0.15) is 13.2 Å². The number of carbonyl (C=O) groups is 2. The molecule has 1 unspecified atom stereocenters. The Balaban J connectivity index is 2.88. The molecule has 0 heterocycles. The van der Waals surface area contributed by atoms with E-state index in [4.69, 9.17) is 9.84 Å². The third kappa shape index (κ3) is 5.03. The zero-order valence-electron chi connectivity index (χ0n) is 12.0. The van der Waals surface area contributed by atoms with Gasteiger partial charge in [0.05, 0.1) is 24.1 Å². The largest absolute Gasteiger partial charge is 0.481 e. The lowest BCUT2D eigenvalue weighted by Crippen LogP contribution is -2.50. The zero-order valence-corrected chi connectivity index (χ0v) is 12.0. The van der Waals surface area contributed by atoms with Gasteiger partial charge in [0.2, 0.25) is 0 Å². The second-order valence-electron chi connectivity index (χ2n) is 5.09. The Labute approximate surface area is 125 Å². The van der Waals surface area contributed by atoms with Crippen molar-refractivity contribution in [2.75, 3.05) is 13.7 Å². The minimum atomic E-state index is -4.48. The molecule has 1 aromatic carbocycles. The van der Waals surface area contributed by atoms with E-state index in [9.17, 15) is 22.8 Å². The zero-order chi connectivity index (χ0) is 17.0. The fourth-order valence-electron chi connectivity index (χ4n) is 1.94. The number of ether oxygens (including phenoxy) is 1. The number of rotatable bonds is 6. The molecule has 0 saturated heterocycles. The van der Waals surface area contributed by atoms with Gasteiger partial charge >= 0.3 is 12.1 Å². The van der Waals surface area contributed by atoms with Crippen molar-refractivity contribution in [3.63, 3.8) is 0 Å². The van der Waals surface area contributed by atoms with Gasteiger partial charge in [-0.05, 0) is 31.2 Å². The average Bonchev–Trinajstić information content (AvgIpc) is 2.36. The number of carboxylic acid groups (broad SMARTS) is 1. The molecular weight excluding hydrogens is 303 g/mol. The minimum Gasteiger partial charge on any atom is -0.481 e. The number of hydrogen-bond donors (Lipinski definition) is 2.